The van der Waals surface area contributed by atoms with E-state index in [-0.39, 0.29) is 0 Å². The molecule has 0 bridgehead atoms. The van der Waals surface area contributed by atoms with Gasteiger partial charge in [0.05, 0.1) is 5.39 Å². The van der Waals surface area contributed by atoms with Crippen LogP contribution >= 0.6 is 11.3 Å². The summed E-state index contributed by atoms with van der Waals surface area (Å²) in [6, 6.07) is 10.8. The lowest BCUT2D eigenvalue weighted by Crippen LogP contribution is -2.46. The van der Waals surface area contributed by atoms with Crippen molar-refractivity contribution < 1.29 is 0 Å². The van der Waals surface area contributed by atoms with Crippen LogP contribution in [0.1, 0.15) is 28.8 Å². The molecular weight excluding hydrogens is 340 g/mol. The van der Waals surface area contributed by atoms with Crippen LogP contribution in [-0.4, -0.2) is 41.0 Å². The Kier molecular flexibility index (Phi) is 4.92. The van der Waals surface area contributed by atoms with Crippen LogP contribution < -0.4 is 4.90 Å². The number of nitrogens with zero attached hydrogens (tertiary/aromatic N) is 4. The lowest BCUT2D eigenvalue weighted by atomic mass is 10.1. The number of anilines is 1. The number of piperazine rings is 1. The summed E-state index contributed by atoms with van der Waals surface area (Å²) in [4.78, 5) is 17.2. The fraction of sp³-hybridized carbons (Fsp3) is 0.429. The number of thiophene rings is 1. The maximum absolute atomic E-state index is 4.93. The average molecular weight is 367 g/mol. The third-order valence-corrected chi connectivity index (χ3v) is 6.39. The average Bonchev–Trinajstić information content (AvgIpc) is 2.96. The Hall–Kier alpha value is -1.98. The molecule has 1 fully saturated rings. The van der Waals surface area contributed by atoms with Crippen molar-refractivity contribution in [3.8, 4) is 0 Å². The molecule has 0 amide bonds. The Morgan fingerprint density at radius 2 is 1.73 bits per heavy atom. The fourth-order valence-corrected chi connectivity index (χ4v) is 4.66. The van der Waals surface area contributed by atoms with Gasteiger partial charge >= 0.3 is 0 Å². The molecule has 0 N–H and O–H groups in total. The van der Waals surface area contributed by atoms with Crippen LogP contribution in [0.15, 0.2) is 30.3 Å². The number of hydrogen-bond acceptors (Lipinski definition) is 5. The second-order valence-electron chi connectivity index (χ2n) is 7.03. The number of fused-ring (bicyclic) bond motifs is 1. The predicted octanol–water partition coefficient (Wildman–Crippen LogP) is 4.19. The highest BCUT2D eigenvalue weighted by Gasteiger charge is 2.23. The minimum atomic E-state index is 0.882. The van der Waals surface area contributed by atoms with Gasteiger partial charge in [0.25, 0.3) is 0 Å². The van der Waals surface area contributed by atoms with Gasteiger partial charge in [-0.1, -0.05) is 37.3 Å². The lowest BCUT2D eigenvalue weighted by molar-refractivity contribution is 0.249. The normalized spacial score (nSPS) is 15.7. The minimum Gasteiger partial charge on any atom is -0.353 e. The van der Waals surface area contributed by atoms with E-state index >= 15 is 0 Å². The molecule has 0 unspecified atom stereocenters. The quantitative estimate of drug-likeness (QED) is 0.693. The molecule has 4 nitrogen and oxygen atoms in total. The van der Waals surface area contributed by atoms with Gasteiger partial charge in [0, 0.05) is 44.0 Å². The maximum atomic E-state index is 4.93. The van der Waals surface area contributed by atoms with Crippen molar-refractivity contribution in [1.82, 2.24) is 14.9 Å². The molecule has 26 heavy (non-hydrogen) atoms. The predicted molar refractivity (Wildman–Crippen MR) is 110 cm³/mol. The molecule has 1 aromatic carbocycles. The first-order valence-corrected chi connectivity index (χ1v) is 10.2. The summed E-state index contributed by atoms with van der Waals surface area (Å²) in [7, 11) is 0. The van der Waals surface area contributed by atoms with Crippen molar-refractivity contribution >= 4 is 27.4 Å². The summed E-state index contributed by atoms with van der Waals surface area (Å²) in [6.07, 6.45) is 0.882. The van der Waals surface area contributed by atoms with E-state index in [1.165, 1.54) is 21.4 Å². The molecule has 3 aromatic rings. The van der Waals surface area contributed by atoms with Crippen molar-refractivity contribution in [2.75, 3.05) is 31.1 Å². The van der Waals surface area contributed by atoms with Gasteiger partial charge in [-0.15, -0.1) is 11.3 Å². The zero-order valence-electron chi connectivity index (χ0n) is 15.8. The molecule has 4 rings (SSSR count). The first kappa shape index (κ1) is 17.4. The summed E-state index contributed by atoms with van der Waals surface area (Å²) < 4.78 is 0. The van der Waals surface area contributed by atoms with Gasteiger partial charge in [-0.05, 0) is 25.0 Å². The van der Waals surface area contributed by atoms with Gasteiger partial charge in [0.2, 0.25) is 0 Å². The molecule has 0 atom stereocenters. The van der Waals surface area contributed by atoms with Crippen molar-refractivity contribution in [3.63, 3.8) is 0 Å². The monoisotopic (exact) mass is 366 g/mol. The summed E-state index contributed by atoms with van der Waals surface area (Å²) in [5.74, 6) is 2.11. The van der Waals surface area contributed by atoms with Gasteiger partial charge in [0.15, 0.2) is 0 Å². The summed E-state index contributed by atoms with van der Waals surface area (Å²) in [5, 5.41) is 1.27. The smallest absolute Gasteiger partial charge is 0.141 e. The highest BCUT2D eigenvalue weighted by atomic mass is 32.1. The molecular formula is C21H26N4S. The SMILES string of the molecule is CCc1nc(N2CCN(Cc3ccccc3)CC2)c2c(C)c(C)sc2n1. The molecule has 0 aliphatic carbocycles. The van der Waals surface area contributed by atoms with Crippen LogP contribution in [-0.2, 0) is 13.0 Å². The van der Waals surface area contributed by atoms with Gasteiger partial charge in [-0.2, -0.15) is 0 Å². The van der Waals surface area contributed by atoms with Crippen molar-refractivity contribution in [2.45, 2.75) is 33.7 Å². The first-order valence-electron chi connectivity index (χ1n) is 9.43. The third-order valence-electron chi connectivity index (χ3n) is 5.29. The molecule has 1 aliphatic heterocycles. The Morgan fingerprint density at radius 3 is 2.42 bits per heavy atom. The van der Waals surface area contributed by atoms with Crippen LogP contribution in [0, 0.1) is 13.8 Å². The molecule has 0 spiro atoms. The van der Waals surface area contributed by atoms with Crippen molar-refractivity contribution in [2.24, 2.45) is 0 Å². The molecule has 5 heteroatoms. The highest BCUT2D eigenvalue weighted by Crippen LogP contribution is 2.35. The molecule has 3 heterocycles. The van der Waals surface area contributed by atoms with E-state index in [0.717, 1.165) is 55.6 Å². The first-order chi connectivity index (χ1) is 12.7. The van der Waals surface area contributed by atoms with E-state index in [9.17, 15) is 0 Å². The van der Waals surface area contributed by atoms with Gasteiger partial charge in [-0.25, -0.2) is 9.97 Å². The number of aromatic nitrogens is 2. The molecule has 1 saturated heterocycles. The van der Waals surface area contributed by atoms with Crippen molar-refractivity contribution in [1.29, 1.82) is 0 Å². The lowest BCUT2D eigenvalue weighted by Gasteiger charge is -2.36. The second kappa shape index (κ2) is 7.33. The van der Waals surface area contributed by atoms with Crippen LogP contribution in [0.4, 0.5) is 5.82 Å². The van der Waals surface area contributed by atoms with Gasteiger partial charge < -0.3 is 4.90 Å². The van der Waals surface area contributed by atoms with E-state index < -0.39 is 0 Å². The number of hydrogen-bond donors (Lipinski definition) is 0. The largest absolute Gasteiger partial charge is 0.353 e. The molecule has 0 saturated carbocycles. The van der Waals surface area contributed by atoms with Gasteiger partial charge in [0.1, 0.15) is 16.5 Å². The van der Waals surface area contributed by atoms with Crippen LogP contribution in [0.2, 0.25) is 0 Å². The number of aryl methyl sites for hydroxylation is 3. The summed E-state index contributed by atoms with van der Waals surface area (Å²) in [6.45, 7) is 11.8. The van der Waals surface area contributed by atoms with E-state index in [4.69, 9.17) is 9.97 Å². The van der Waals surface area contributed by atoms with Crippen LogP contribution in [0.25, 0.3) is 10.2 Å². The summed E-state index contributed by atoms with van der Waals surface area (Å²) in [5.41, 5.74) is 2.73. The second-order valence-corrected chi connectivity index (χ2v) is 8.23. The molecule has 1 aliphatic rings. The standard InChI is InChI=1S/C21H26N4S/c1-4-18-22-20(19-15(2)16(3)26-21(19)23-18)25-12-10-24(11-13-25)14-17-8-6-5-7-9-17/h5-9H,4,10-14H2,1-3H3. The topological polar surface area (TPSA) is 32.3 Å². The number of benzene rings is 1. The maximum Gasteiger partial charge on any atom is 0.141 e. The summed E-state index contributed by atoms with van der Waals surface area (Å²) >= 11 is 1.80. The Balaban J connectivity index is 1.55. The molecule has 136 valence electrons. The van der Waals surface area contributed by atoms with Gasteiger partial charge in [-0.3, -0.25) is 4.90 Å². The van der Waals surface area contributed by atoms with E-state index in [1.807, 2.05) is 0 Å². The van der Waals surface area contributed by atoms with Crippen LogP contribution in [0.5, 0.6) is 0 Å². The Morgan fingerprint density at radius 1 is 1.00 bits per heavy atom. The Labute approximate surface area is 159 Å². The van der Waals surface area contributed by atoms with E-state index in [2.05, 4.69) is 60.9 Å². The molecule has 2 aromatic heterocycles. The Bertz CT molecular complexity index is 895. The molecule has 0 radical (unpaired) electrons. The van der Waals surface area contributed by atoms with E-state index in [0.29, 0.717) is 0 Å². The minimum absolute atomic E-state index is 0.882. The van der Waals surface area contributed by atoms with Crippen molar-refractivity contribution in [3.05, 3.63) is 52.2 Å². The number of rotatable bonds is 4. The third kappa shape index (κ3) is 3.33. The highest BCUT2D eigenvalue weighted by molar-refractivity contribution is 7.18. The zero-order valence-corrected chi connectivity index (χ0v) is 16.6. The van der Waals surface area contributed by atoms with E-state index in [1.54, 1.807) is 11.3 Å². The van der Waals surface area contributed by atoms with Crippen LogP contribution in [0.3, 0.4) is 0 Å². The zero-order chi connectivity index (χ0) is 18.1. The fourth-order valence-electron chi connectivity index (χ4n) is 3.62.